The van der Waals surface area contributed by atoms with Gasteiger partial charge in [0, 0.05) is 26.1 Å². The summed E-state index contributed by atoms with van der Waals surface area (Å²) in [4.78, 5) is 24.4. The Balaban J connectivity index is 2.34. The maximum atomic E-state index is 11.6. The average molecular weight is 243 g/mol. The third-order valence-corrected chi connectivity index (χ3v) is 2.72. The predicted octanol–water partition coefficient (Wildman–Crippen LogP) is -0.210. The molecule has 1 aliphatic heterocycles. The smallest absolute Gasteiger partial charge is 0.229 e. The number of piperidine rings is 1. The highest BCUT2D eigenvalue weighted by Gasteiger charge is 2.23. The Morgan fingerprint density at radius 1 is 1.44 bits per heavy atom. The lowest BCUT2D eigenvalue weighted by atomic mass is 10.0. The number of rotatable bonds is 3. The fraction of sp³-hybridized carbons (Fsp3) is 0.700. The zero-order chi connectivity index (χ0) is 12.1. The van der Waals surface area contributed by atoms with Crippen LogP contribution in [-0.4, -0.2) is 40.8 Å². The lowest BCUT2D eigenvalue weighted by molar-refractivity contribution is -0.131. The van der Waals surface area contributed by atoms with Gasteiger partial charge in [0.05, 0.1) is 11.4 Å². The second-order valence-corrected chi connectivity index (χ2v) is 4.52. The second kappa shape index (κ2) is 5.79. The minimum absolute atomic E-state index is 0.0197. The summed E-state index contributed by atoms with van der Waals surface area (Å²) in [5.74, 6) is -0.0401. The molecule has 3 N–H and O–H groups in total. The number of hydrogen-bond donors (Lipinski definition) is 2. The zero-order valence-corrected chi connectivity index (χ0v) is 10.2. The third kappa shape index (κ3) is 4.14. The second-order valence-electron chi connectivity index (χ2n) is 4.00. The predicted molar refractivity (Wildman–Crippen MR) is 64.8 cm³/mol. The van der Waals surface area contributed by atoms with Crippen LogP contribution in [0.1, 0.15) is 26.2 Å². The van der Waals surface area contributed by atoms with Crippen molar-refractivity contribution in [1.29, 1.82) is 0 Å². The Kier molecular flexibility index (Phi) is 4.67. The average Bonchev–Trinajstić information content (AvgIpc) is 2.16. The van der Waals surface area contributed by atoms with E-state index in [4.69, 9.17) is 18.0 Å². The molecule has 0 aromatic rings. The van der Waals surface area contributed by atoms with E-state index in [9.17, 15) is 9.59 Å². The first-order chi connectivity index (χ1) is 7.49. The van der Waals surface area contributed by atoms with Crippen LogP contribution >= 0.6 is 12.2 Å². The lowest BCUT2D eigenvalue weighted by Crippen LogP contribution is -2.46. The standard InChI is InChI=1S/C10H17N3O2S/c1-7(14)12-8-2-4-13(5-3-8)10(15)6-9(11)16/h8H,2-6H2,1H3,(H2,11,16)(H,12,14). The Labute approximate surface area is 100 Å². The minimum Gasteiger partial charge on any atom is -0.393 e. The Morgan fingerprint density at radius 2 is 2.00 bits per heavy atom. The Hall–Kier alpha value is -1.17. The Bertz CT molecular complexity index is 298. The van der Waals surface area contributed by atoms with Gasteiger partial charge in [0.2, 0.25) is 11.8 Å². The van der Waals surface area contributed by atoms with Crippen molar-refractivity contribution >= 4 is 29.0 Å². The van der Waals surface area contributed by atoms with E-state index in [1.54, 1.807) is 4.90 Å². The summed E-state index contributed by atoms with van der Waals surface area (Å²) in [6.07, 6.45) is 1.73. The molecule has 0 aromatic carbocycles. The van der Waals surface area contributed by atoms with Gasteiger partial charge in [-0.05, 0) is 12.8 Å². The van der Waals surface area contributed by atoms with Gasteiger partial charge in [0.1, 0.15) is 0 Å². The molecule has 16 heavy (non-hydrogen) atoms. The van der Waals surface area contributed by atoms with E-state index >= 15 is 0 Å². The van der Waals surface area contributed by atoms with Gasteiger partial charge in [-0.1, -0.05) is 12.2 Å². The molecule has 1 saturated heterocycles. The quantitative estimate of drug-likeness (QED) is 0.673. The number of carbonyl (C=O) groups excluding carboxylic acids is 2. The van der Waals surface area contributed by atoms with Crippen molar-refractivity contribution in [3.05, 3.63) is 0 Å². The van der Waals surface area contributed by atoms with Gasteiger partial charge in [-0.25, -0.2) is 0 Å². The molecule has 0 aromatic heterocycles. The fourth-order valence-electron chi connectivity index (χ4n) is 1.82. The van der Waals surface area contributed by atoms with Crippen LogP contribution in [0.15, 0.2) is 0 Å². The number of carbonyl (C=O) groups is 2. The molecule has 0 unspecified atom stereocenters. The van der Waals surface area contributed by atoms with Crippen LogP contribution < -0.4 is 11.1 Å². The van der Waals surface area contributed by atoms with Crippen molar-refractivity contribution in [3.8, 4) is 0 Å². The molecule has 0 bridgehead atoms. The van der Waals surface area contributed by atoms with E-state index in [0.29, 0.717) is 13.1 Å². The molecular weight excluding hydrogens is 226 g/mol. The highest BCUT2D eigenvalue weighted by atomic mass is 32.1. The van der Waals surface area contributed by atoms with Crippen LogP contribution in [-0.2, 0) is 9.59 Å². The number of nitrogens with one attached hydrogen (secondary N) is 1. The molecule has 0 saturated carbocycles. The normalized spacial score (nSPS) is 16.9. The van der Waals surface area contributed by atoms with Crippen LogP contribution in [0.5, 0.6) is 0 Å². The SMILES string of the molecule is CC(=O)NC1CCN(C(=O)CC(N)=S)CC1. The van der Waals surface area contributed by atoms with Crippen molar-refractivity contribution in [1.82, 2.24) is 10.2 Å². The van der Waals surface area contributed by atoms with E-state index in [-0.39, 0.29) is 29.3 Å². The van der Waals surface area contributed by atoms with Crippen LogP contribution in [0.25, 0.3) is 0 Å². The largest absolute Gasteiger partial charge is 0.393 e. The summed E-state index contributed by atoms with van der Waals surface area (Å²) in [6.45, 7) is 2.82. The molecule has 1 rings (SSSR count). The van der Waals surface area contributed by atoms with Gasteiger partial charge in [-0.15, -0.1) is 0 Å². The fourth-order valence-corrected chi connectivity index (χ4v) is 1.95. The number of hydrogen-bond acceptors (Lipinski definition) is 3. The first-order valence-corrected chi connectivity index (χ1v) is 5.73. The van der Waals surface area contributed by atoms with E-state index in [2.05, 4.69) is 5.32 Å². The molecule has 0 aliphatic carbocycles. The molecule has 1 heterocycles. The van der Waals surface area contributed by atoms with Crippen molar-refractivity contribution in [2.45, 2.75) is 32.2 Å². The minimum atomic E-state index is -0.0205. The van der Waals surface area contributed by atoms with Crippen molar-refractivity contribution in [2.75, 3.05) is 13.1 Å². The van der Waals surface area contributed by atoms with Crippen LogP contribution in [0.4, 0.5) is 0 Å². The van der Waals surface area contributed by atoms with E-state index < -0.39 is 0 Å². The molecular formula is C10H17N3O2S. The highest BCUT2D eigenvalue weighted by Crippen LogP contribution is 2.11. The molecule has 90 valence electrons. The van der Waals surface area contributed by atoms with Gasteiger partial charge >= 0.3 is 0 Å². The van der Waals surface area contributed by atoms with Crippen molar-refractivity contribution in [3.63, 3.8) is 0 Å². The highest BCUT2D eigenvalue weighted by molar-refractivity contribution is 7.80. The maximum absolute atomic E-state index is 11.6. The van der Waals surface area contributed by atoms with Gasteiger partial charge in [-0.2, -0.15) is 0 Å². The van der Waals surface area contributed by atoms with Crippen molar-refractivity contribution in [2.24, 2.45) is 5.73 Å². The topological polar surface area (TPSA) is 75.4 Å². The first-order valence-electron chi connectivity index (χ1n) is 5.32. The molecule has 0 atom stereocenters. The third-order valence-electron chi connectivity index (χ3n) is 2.58. The van der Waals surface area contributed by atoms with E-state index in [1.165, 1.54) is 6.92 Å². The number of nitrogens with zero attached hydrogens (tertiary/aromatic N) is 1. The molecule has 1 fully saturated rings. The zero-order valence-electron chi connectivity index (χ0n) is 9.36. The summed E-state index contributed by atoms with van der Waals surface area (Å²) in [7, 11) is 0. The van der Waals surface area contributed by atoms with Gasteiger partial charge in [0.25, 0.3) is 0 Å². The van der Waals surface area contributed by atoms with Crippen LogP contribution in [0.2, 0.25) is 0 Å². The van der Waals surface area contributed by atoms with Crippen LogP contribution in [0.3, 0.4) is 0 Å². The summed E-state index contributed by atoms with van der Waals surface area (Å²) in [5, 5.41) is 2.85. The number of likely N-dealkylation sites (tertiary alicyclic amines) is 1. The van der Waals surface area contributed by atoms with E-state index in [0.717, 1.165) is 12.8 Å². The van der Waals surface area contributed by atoms with Crippen molar-refractivity contribution < 1.29 is 9.59 Å². The number of amides is 2. The number of nitrogens with two attached hydrogens (primary N) is 1. The number of thiocarbonyl (C=S) groups is 1. The summed E-state index contributed by atoms with van der Waals surface area (Å²) < 4.78 is 0. The first kappa shape index (κ1) is 12.9. The van der Waals surface area contributed by atoms with Gasteiger partial charge < -0.3 is 16.0 Å². The van der Waals surface area contributed by atoms with E-state index in [1.807, 2.05) is 0 Å². The lowest BCUT2D eigenvalue weighted by Gasteiger charge is -2.32. The molecule has 0 radical (unpaired) electrons. The molecule has 0 spiro atoms. The van der Waals surface area contributed by atoms with Gasteiger partial charge in [0.15, 0.2) is 0 Å². The van der Waals surface area contributed by atoms with Crippen LogP contribution in [0, 0.1) is 0 Å². The molecule has 5 nitrogen and oxygen atoms in total. The maximum Gasteiger partial charge on any atom is 0.229 e. The molecule has 1 aliphatic rings. The summed E-state index contributed by atoms with van der Waals surface area (Å²) >= 11 is 4.69. The molecule has 2 amide bonds. The monoisotopic (exact) mass is 243 g/mol. The summed E-state index contributed by atoms with van der Waals surface area (Å²) in [6, 6.07) is 0.186. The summed E-state index contributed by atoms with van der Waals surface area (Å²) in [5.41, 5.74) is 5.32. The molecule has 6 heteroatoms. The Morgan fingerprint density at radius 3 is 2.44 bits per heavy atom. The van der Waals surface area contributed by atoms with Gasteiger partial charge in [-0.3, -0.25) is 9.59 Å².